The topological polar surface area (TPSA) is 55.4 Å². The monoisotopic (exact) mass is 893 g/mol. The molecule has 4 aliphatic carbocycles. The van der Waals surface area contributed by atoms with Gasteiger partial charge in [0.15, 0.2) is 0 Å². The molecule has 0 bridgehead atoms. The second kappa shape index (κ2) is 18.3. The molecule has 2 saturated heterocycles. The molecule has 356 valence electrons. The fourth-order valence-corrected chi connectivity index (χ4v) is 17.3. The summed E-state index contributed by atoms with van der Waals surface area (Å²) in [6.07, 6.45) is 5.21. The molecule has 0 aromatic heterocycles. The third-order valence-corrected chi connectivity index (χ3v) is 21.3. The molecule has 0 N–H and O–H groups in total. The van der Waals surface area contributed by atoms with Gasteiger partial charge in [0, 0.05) is 5.41 Å². The maximum Gasteiger partial charge on any atom is 0.333 e. The molecule has 4 saturated carbocycles. The van der Waals surface area contributed by atoms with E-state index in [1.807, 2.05) is 0 Å². The average Bonchev–Trinajstić information content (AvgIpc) is 3.40. The molecule has 0 spiro atoms. The molecule has 8 heteroatoms. The Labute approximate surface area is 380 Å². The standard InChI is InChI=1S/C53H98O6P2/c1-29-23-37(49(9,10)11)45-41(33(29)5)42-34(6)30(2)24-38(50(12,13)14)46(42)57-60(56-45)54-27-53(21,22)28-55-61-58-47-39(51(15,16)17)25-31(3)35(7)43(47)44-36(8)32(4)26-40(48(44)59-61)52(18,19)20/h29-48H,23-28H2,1-22H3/t29-,30?,31-,32?,33-,34?,35-,36?,37?,38-,39?,40-,41+,42-,43+,44-,45?,46?,47?,48?,60?,61?/m1/s1. The van der Waals surface area contributed by atoms with Crippen molar-refractivity contribution in [1.29, 1.82) is 0 Å². The Bertz CT molecular complexity index is 1260. The highest BCUT2D eigenvalue weighted by atomic mass is 31.2. The first-order chi connectivity index (χ1) is 27.8. The van der Waals surface area contributed by atoms with E-state index in [-0.39, 0.29) is 51.5 Å². The van der Waals surface area contributed by atoms with Crippen molar-refractivity contribution < 1.29 is 27.1 Å². The van der Waals surface area contributed by atoms with Crippen molar-refractivity contribution in [3.05, 3.63) is 0 Å². The van der Waals surface area contributed by atoms with Gasteiger partial charge in [-0.2, -0.15) is 0 Å². The van der Waals surface area contributed by atoms with Crippen LogP contribution in [-0.4, -0.2) is 37.6 Å². The van der Waals surface area contributed by atoms with Crippen molar-refractivity contribution in [3.8, 4) is 0 Å². The van der Waals surface area contributed by atoms with Crippen molar-refractivity contribution in [2.75, 3.05) is 13.2 Å². The second-order valence-corrected chi connectivity index (χ2v) is 30.2. The van der Waals surface area contributed by atoms with E-state index in [1.54, 1.807) is 0 Å². The zero-order valence-corrected chi connectivity index (χ0v) is 45.4. The Kier molecular flexibility index (Phi) is 15.3. The molecule has 2 aliphatic heterocycles. The van der Waals surface area contributed by atoms with Crippen LogP contribution in [0, 0.1) is 122 Å². The molecule has 0 aromatic carbocycles. The summed E-state index contributed by atoms with van der Waals surface area (Å²) in [5.41, 5.74) is 0.176. The van der Waals surface area contributed by atoms with Crippen molar-refractivity contribution in [1.82, 2.24) is 0 Å². The second-order valence-electron chi connectivity index (χ2n) is 27.9. The highest BCUT2D eigenvalue weighted by Gasteiger charge is 2.61. The number of fused-ring (bicyclic) bond motifs is 6. The zero-order chi connectivity index (χ0) is 45.7. The van der Waals surface area contributed by atoms with Gasteiger partial charge < -0.3 is 27.1 Å². The lowest BCUT2D eigenvalue weighted by Gasteiger charge is -2.56. The summed E-state index contributed by atoms with van der Waals surface area (Å²) in [4.78, 5) is 0. The lowest BCUT2D eigenvalue weighted by molar-refractivity contribution is -0.123. The maximum atomic E-state index is 7.39. The van der Waals surface area contributed by atoms with Gasteiger partial charge >= 0.3 is 17.2 Å². The lowest BCUT2D eigenvalue weighted by Crippen LogP contribution is -2.56. The van der Waals surface area contributed by atoms with E-state index in [2.05, 4.69) is 152 Å². The summed E-state index contributed by atoms with van der Waals surface area (Å²) < 4.78 is 43.7. The Balaban J connectivity index is 1.27. The Morgan fingerprint density at radius 3 is 0.738 bits per heavy atom. The van der Waals surface area contributed by atoms with Gasteiger partial charge in [-0.05, 0) is 142 Å². The summed E-state index contributed by atoms with van der Waals surface area (Å²) in [6, 6.07) is 0. The smallest absolute Gasteiger partial charge is 0.312 e. The summed E-state index contributed by atoms with van der Waals surface area (Å²) in [5.74, 6) is 8.38. The van der Waals surface area contributed by atoms with Gasteiger partial charge in [0.1, 0.15) is 0 Å². The molecule has 0 aromatic rings. The molecule has 61 heavy (non-hydrogen) atoms. The van der Waals surface area contributed by atoms with Gasteiger partial charge in [0.2, 0.25) is 0 Å². The van der Waals surface area contributed by atoms with Crippen molar-refractivity contribution in [2.45, 2.75) is 202 Å². The van der Waals surface area contributed by atoms with E-state index >= 15 is 0 Å². The third-order valence-electron chi connectivity index (χ3n) is 18.9. The van der Waals surface area contributed by atoms with E-state index in [0.29, 0.717) is 108 Å². The van der Waals surface area contributed by atoms with Gasteiger partial charge in [-0.3, -0.25) is 0 Å². The van der Waals surface area contributed by atoms with Crippen LogP contribution in [0.3, 0.4) is 0 Å². The van der Waals surface area contributed by atoms with Crippen LogP contribution in [0.1, 0.15) is 178 Å². The summed E-state index contributed by atoms with van der Waals surface area (Å²) in [5, 5.41) is 0. The minimum Gasteiger partial charge on any atom is -0.312 e. The molecular formula is C53H98O6P2. The van der Waals surface area contributed by atoms with Gasteiger partial charge in [0.25, 0.3) is 0 Å². The van der Waals surface area contributed by atoms with E-state index < -0.39 is 17.2 Å². The highest BCUT2D eigenvalue weighted by molar-refractivity contribution is 7.42. The Hall–Kier alpha value is 0.620. The van der Waals surface area contributed by atoms with Crippen LogP contribution < -0.4 is 0 Å². The van der Waals surface area contributed by atoms with Crippen LogP contribution in [0.25, 0.3) is 0 Å². The van der Waals surface area contributed by atoms with Crippen LogP contribution in [0.4, 0.5) is 0 Å². The fraction of sp³-hybridized carbons (Fsp3) is 1.00. The Morgan fingerprint density at radius 1 is 0.361 bits per heavy atom. The minimum absolute atomic E-state index is 0.116. The lowest BCUT2D eigenvalue weighted by atomic mass is 9.51. The predicted octanol–water partition coefficient (Wildman–Crippen LogP) is 15.9. The summed E-state index contributed by atoms with van der Waals surface area (Å²) >= 11 is 0. The summed E-state index contributed by atoms with van der Waals surface area (Å²) in [6.45, 7) is 54.8. The van der Waals surface area contributed by atoms with Crippen molar-refractivity contribution in [2.24, 2.45) is 122 Å². The van der Waals surface area contributed by atoms with Gasteiger partial charge in [-0.15, -0.1) is 0 Å². The largest absolute Gasteiger partial charge is 0.333 e. The predicted molar refractivity (Wildman–Crippen MR) is 257 cm³/mol. The maximum absolute atomic E-state index is 7.39. The number of hydrogen-bond acceptors (Lipinski definition) is 6. The van der Waals surface area contributed by atoms with Crippen LogP contribution in [0.2, 0.25) is 0 Å². The highest BCUT2D eigenvalue weighted by Crippen LogP contribution is 2.66. The first-order valence-electron chi connectivity index (χ1n) is 25.4. The number of hydrogen-bond donors (Lipinski definition) is 0. The van der Waals surface area contributed by atoms with Crippen molar-refractivity contribution >= 4 is 17.2 Å². The minimum atomic E-state index is -1.58. The van der Waals surface area contributed by atoms with Crippen LogP contribution in [-0.2, 0) is 27.1 Å². The van der Waals surface area contributed by atoms with Gasteiger partial charge in [0.05, 0.1) is 37.6 Å². The number of rotatable bonds is 6. The zero-order valence-electron chi connectivity index (χ0n) is 43.6. The van der Waals surface area contributed by atoms with Gasteiger partial charge in [-0.1, -0.05) is 152 Å². The van der Waals surface area contributed by atoms with Gasteiger partial charge in [-0.25, -0.2) is 0 Å². The molecular weight excluding hydrogens is 795 g/mol. The molecule has 22 atom stereocenters. The van der Waals surface area contributed by atoms with Crippen LogP contribution >= 0.6 is 17.2 Å². The molecule has 6 rings (SSSR count). The SMILES string of the molecule is CC1C[C@@H](C(C)(C)C)C2OP(OCC(C)(C)COP3OC4C(C(C)(C)C)C[C@@H](C)[C@@H](C)[C@H]4[C@H]4C(C)C(C)C[C@@H](C(C)(C)C)C4O3)OC3C(C(C)(C)C)C[C@@H](C)[C@@H](C)[C@H]3[C@H]2C1C. The van der Waals surface area contributed by atoms with E-state index in [1.165, 1.54) is 25.7 Å². The van der Waals surface area contributed by atoms with E-state index in [4.69, 9.17) is 27.1 Å². The molecule has 12 unspecified atom stereocenters. The average molecular weight is 893 g/mol. The van der Waals surface area contributed by atoms with E-state index in [0.717, 1.165) is 0 Å². The van der Waals surface area contributed by atoms with Crippen LogP contribution in [0.5, 0.6) is 0 Å². The molecule has 6 nitrogen and oxygen atoms in total. The Morgan fingerprint density at radius 2 is 0.557 bits per heavy atom. The molecule has 0 radical (unpaired) electrons. The molecule has 6 aliphatic rings. The fourth-order valence-electron chi connectivity index (χ4n) is 14.1. The molecule has 6 fully saturated rings. The van der Waals surface area contributed by atoms with E-state index in [9.17, 15) is 0 Å². The third kappa shape index (κ3) is 10.5. The first kappa shape index (κ1) is 51.0. The molecule has 0 amide bonds. The van der Waals surface area contributed by atoms with Crippen LogP contribution in [0.15, 0.2) is 0 Å². The normalized spacial score (nSPS) is 47.9. The quantitative estimate of drug-likeness (QED) is 0.248. The molecule has 2 heterocycles. The summed E-state index contributed by atoms with van der Waals surface area (Å²) in [7, 11) is -3.17. The first-order valence-corrected chi connectivity index (χ1v) is 27.6. The van der Waals surface area contributed by atoms with Crippen molar-refractivity contribution in [3.63, 3.8) is 0 Å².